The average molecular weight is 364 g/mol. The highest BCUT2D eigenvalue weighted by atomic mass is 19.1. The van der Waals surface area contributed by atoms with Crippen molar-refractivity contribution in [3.05, 3.63) is 35.6 Å². The lowest BCUT2D eigenvalue weighted by Gasteiger charge is -2.31. The lowest BCUT2D eigenvalue weighted by molar-refractivity contribution is -0.153. The number of esters is 1. The molecule has 1 fully saturated rings. The number of benzene rings is 1. The first-order valence-corrected chi connectivity index (χ1v) is 8.85. The van der Waals surface area contributed by atoms with E-state index in [0.717, 1.165) is 0 Å². The second-order valence-electron chi connectivity index (χ2n) is 6.88. The van der Waals surface area contributed by atoms with Crippen LogP contribution < -0.4 is 5.32 Å². The second-order valence-corrected chi connectivity index (χ2v) is 6.88. The van der Waals surface area contributed by atoms with Crippen LogP contribution in [0, 0.1) is 17.7 Å². The van der Waals surface area contributed by atoms with E-state index in [-0.39, 0.29) is 30.2 Å². The summed E-state index contributed by atoms with van der Waals surface area (Å²) < 4.78 is 18.0. The Morgan fingerprint density at radius 1 is 1.19 bits per heavy atom. The molecule has 142 valence electrons. The first kappa shape index (κ1) is 19.9. The van der Waals surface area contributed by atoms with Crippen molar-refractivity contribution in [2.24, 2.45) is 11.8 Å². The van der Waals surface area contributed by atoms with Crippen molar-refractivity contribution >= 4 is 17.8 Å². The van der Waals surface area contributed by atoms with E-state index in [1.165, 1.54) is 24.3 Å². The molecule has 2 rings (SSSR count). The Bertz CT molecular complexity index is 637. The molecule has 0 bridgehead atoms. The number of likely N-dealkylation sites (tertiary alicyclic amines) is 1. The summed E-state index contributed by atoms with van der Waals surface area (Å²) >= 11 is 0. The molecule has 1 saturated heterocycles. The summed E-state index contributed by atoms with van der Waals surface area (Å²) in [6, 6.07) is 5.41. The molecule has 0 spiro atoms. The van der Waals surface area contributed by atoms with Gasteiger partial charge in [0.2, 0.25) is 0 Å². The molecule has 26 heavy (non-hydrogen) atoms. The molecule has 0 aromatic heterocycles. The number of hydrogen-bond donors (Lipinski definition) is 1. The monoisotopic (exact) mass is 364 g/mol. The van der Waals surface area contributed by atoms with Gasteiger partial charge in [-0.05, 0) is 43.0 Å². The predicted octanol–water partition coefficient (Wildman–Crippen LogP) is 1.99. The maximum Gasteiger partial charge on any atom is 0.309 e. The van der Waals surface area contributed by atoms with Gasteiger partial charge in [0.15, 0.2) is 6.61 Å². The molecule has 0 aliphatic carbocycles. The normalized spacial score (nSPS) is 15.0. The van der Waals surface area contributed by atoms with Crippen molar-refractivity contribution in [3.8, 4) is 0 Å². The van der Waals surface area contributed by atoms with Gasteiger partial charge < -0.3 is 15.0 Å². The zero-order valence-corrected chi connectivity index (χ0v) is 15.2. The van der Waals surface area contributed by atoms with Crippen LogP contribution in [0.3, 0.4) is 0 Å². The van der Waals surface area contributed by atoms with Crippen LogP contribution >= 0.6 is 0 Å². The van der Waals surface area contributed by atoms with Gasteiger partial charge in [0.05, 0.1) is 5.92 Å². The van der Waals surface area contributed by atoms with Gasteiger partial charge in [-0.2, -0.15) is 0 Å². The molecule has 0 radical (unpaired) electrons. The summed E-state index contributed by atoms with van der Waals surface area (Å²) in [5.41, 5.74) is 0.425. The van der Waals surface area contributed by atoms with Gasteiger partial charge in [0.1, 0.15) is 5.82 Å². The Labute approximate surface area is 152 Å². The highest BCUT2D eigenvalue weighted by molar-refractivity contribution is 5.94. The third-order valence-corrected chi connectivity index (χ3v) is 4.26. The minimum absolute atomic E-state index is 0.176. The molecule has 1 aliphatic heterocycles. The fraction of sp³-hybridized carbons (Fsp3) is 0.526. The summed E-state index contributed by atoms with van der Waals surface area (Å²) in [5.74, 6) is -1.26. The van der Waals surface area contributed by atoms with Gasteiger partial charge >= 0.3 is 5.97 Å². The lowest BCUT2D eigenvalue weighted by atomic mass is 9.96. The van der Waals surface area contributed by atoms with Gasteiger partial charge in [0.25, 0.3) is 11.8 Å². The summed E-state index contributed by atoms with van der Waals surface area (Å²) in [6.07, 6.45) is 0.971. The lowest BCUT2D eigenvalue weighted by Crippen LogP contribution is -2.41. The summed E-state index contributed by atoms with van der Waals surface area (Å²) in [4.78, 5) is 37.7. The molecule has 2 amide bonds. The maximum atomic E-state index is 12.9. The van der Waals surface area contributed by atoms with Crippen molar-refractivity contribution in [1.82, 2.24) is 10.2 Å². The molecule has 0 atom stereocenters. The number of rotatable bonds is 6. The van der Waals surface area contributed by atoms with Gasteiger partial charge in [-0.25, -0.2) is 4.39 Å². The van der Waals surface area contributed by atoms with E-state index in [0.29, 0.717) is 44.0 Å². The third-order valence-electron chi connectivity index (χ3n) is 4.26. The molecule has 1 heterocycles. The first-order chi connectivity index (χ1) is 12.4. The SMILES string of the molecule is CC(C)CNC(=O)COC(=O)C1CCN(C(=O)c2ccc(F)cc2)CC1. The van der Waals surface area contributed by atoms with E-state index in [1.54, 1.807) is 4.90 Å². The molecular weight excluding hydrogens is 339 g/mol. The Kier molecular flexibility index (Phi) is 7.12. The maximum absolute atomic E-state index is 12.9. The van der Waals surface area contributed by atoms with E-state index >= 15 is 0 Å². The standard InChI is InChI=1S/C19H25FN2O4/c1-13(2)11-21-17(23)12-26-19(25)15-7-9-22(10-8-15)18(24)14-3-5-16(20)6-4-14/h3-6,13,15H,7-12H2,1-2H3,(H,21,23). The van der Waals surface area contributed by atoms with Crippen LogP contribution in [0.15, 0.2) is 24.3 Å². The molecule has 0 saturated carbocycles. The third kappa shape index (κ3) is 5.82. The number of nitrogens with zero attached hydrogens (tertiary/aromatic N) is 1. The summed E-state index contributed by atoms with van der Waals surface area (Å²) in [6.45, 7) is 5.08. The Morgan fingerprint density at radius 2 is 1.81 bits per heavy atom. The number of nitrogens with one attached hydrogen (secondary N) is 1. The first-order valence-electron chi connectivity index (χ1n) is 8.85. The zero-order valence-electron chi connectivity index (χ0n) is 15.2. The van der Waals surface area contributed by atoms with Gasteiger partial charge in [0, 0.05) is 25.2 Å². The van der Waals surface area contributed by atoms with E-state index in [2.05, 4.69) is 5.32 Å². The number of hydrogen-bond acceptors (Lipinski definition) is 4. The predicted molar refractivity (Wildman–Crippen MR) is 93.8 cm³/mol. The minimum atomic E-state index is -0.404. The van der Waals surface area contributed by atoms with Crippen LogP contribution in [0.5, 0.6) is 0 Å². The number of halogens is 1. The number of carbonyl (C=O) groups is 3. The smallest absolute Gasteiger partial charge is 0.309 e. The van der Waals surface area contributed by atoms with Crippen LogP contribution in [0.4, 0.5) is 4.39 Å². The summed E-state index contributed by atoms with van der Waals surface area (Å²) in [5, 5.41) is 2.69. The van der Waals surface area contributed by atoms with E-state index in [4.69, 9.17) is 4.74 Å². The molecule has 1 N–H and O–H groups in total. The van der Waals surface area contributed by atoms with Crippen molar-refractivity contribution in [3.63, 3.8) is 0 Å². The topological polar surface area (TPSA) is 75.7 Å². The van der Waals surface area contributed by atoms with E-state index in [1.807, 2.05) is 13.8 Å². The fourth-order valence-corrected chi connectivity index (χ4v) is 2.72. The highest BCUT2D eigenvalue weighted by Gasteiger charge is 2.29. The Balaban J connectivity index is 1.75. The van der Waals surface area contributed by atoms with Crippen molar-refractivity contribution < 1.29 is 23.5 Å². The number of carbonyl (C=O) groups excluding carboxylic acids is 3. The molecule has 1 aromatic rings. The molecule has 0 unspecified atom stereocenters. The molecule has 7 heteroatoms. The Morgan fingerprint density at radius 3 is 2.38 bits per heavy atom. The van der Waals surface area contributed by atoms with Crippen LogP contribution in [0.1, 0.15) is 37.0 Å². The van der Waals surface area contributed by atoms with Crippen LogP contribution in [0.2, 0.25) is 0 Å². The van der Waals surface area contributed by atoms with Crippen molar-refractivity contribution in [1.29, 1.82) is 0 Å². The average Bonchev–Trinajstić information content (AvgIpc) is 2.64. The number of amides is 2. The minimum Gasteiger partial charge on any atom is -0.455 e. The highest BCUT2D eigenvalue weighted by Crippen LogP contribution is 2.20. The quantitative estimate of drug-likeness (QED) is 0.784. The fourth-order valence-electron chi connectivity index (χ4n) is 2.72. The van der Waals surface area contributed by atoms with Crippen LogP contribution in [-0.4, -0.2) is 48.9 Å². The van der Waals surface area contributed by atoms with E-state index in [9.17, 15) is 18.8 Å². The zero-order chi connectivity index (χ0) is 19.1. The molecular formula is C19H25FN2O4. The van der Waals surface area contributed by atoms with Crippen LogP contribution in [-0.2, 0) is 14.3 Å². The second kappa shape index (κ2) is 9.31. The number of piperidine rings is 1. The molecule has 1 aliphatic rings. The van der Waals surface area contributed by atoms with Crippen molar-refractivity contribution in [2.45, 2.75) is 26.7 Å². The number of ether oxygens (including phenoxy) is 1. The Hall–Kier alpha value is -2.44. The molecule has 6 nitrogen and oxygen atoms in total. The van der Waals surface area contributed by atoms with Crippen LogP contribution in [0.25, 0.3) is 0 Å². The largest absolute Gasteiger partial charge is 0.455 e. The van der Waals surface area contributed by atoms with Gasteiger partial charge in [-0.15, -0.1) is 0 Å². The van der Waals surface area contributed by atoms with Gasteiger partial charge in [-0.3, -0.25) is 14.4 Å². The molecule has 1 aromatic carbocycles. The summed E-state index contributed by atoms with van der Waals surface area (Å²) in [7, 11) is 0. The van der Waals surface area contributed by atoms with Gasteiger partial charge in [-0.1, -0.05) is 13.8 Å². The van der Waals surface area contributed by atoms with Crippen molar-refractivity contribution in [2.75, 3.05) is 26.2 Å². The van der Waals surface area contributed by atoms with E-state index < -0.39 is 5.97 Å².